The third-order valence-corrected chi connectivity index (χ3v) is 0.496. The highest BCUT2D eigenvalue weighted by atomic mass is 19.3. The molecule has 0 saturated heterocycles. The number of hydrogen-bond donors (Lipinski definition) is 1. The van der Waals surface area contributed by atoms with Crippen molar-refractivity contribution in [2.75, 3.05) is 6.54 Å². The minimum absolute atomic E-state index is 0.247. The molecule has 8 heavy (non-hydrogen) atoms. The van der Waals surface area contributed by atoms with Crippen LogP contribution in [-0.2, 0) is 4.79 Å². The minimum Gasteiger partial charge on any atom is -0.353 e. The van der Waals surface area contributed by atoms with Crippen LogP contribution < -0.4 is 5.32 Å². The van der Waals surface area contributed by atoms with Crippen molar-refractivity contribution in [3.8, 4) is 0 Å². The molecule has 0 heterocycles. The number of alkyl halides is 2. The molecule has 0 aromatic heterocycles. The first-order valence-electron chi connectivity index (χ1n) is 2.11. The number of carbonyl (C=O) groups excluding carboxylic acids is 1. The van der Waals surface area contributed by atoms with Crippen molar-refractivity contribution in [2.45, 2.75) is 12.8 Å². The van der Waals surface area contributed by atoms with Gasteiger partial charge in [-0.25, -0.2) is 8.78 Å². The van der Waals surface area contributed by atoms with Crippen LogP contribution in [-0.4, -0.2) is 18.9 Å². The third kappa shape index (κ3) is 5.33. The molecule has 0 aliphatic heterocycles. The second-order valence-electron chi connectivity index (χ2n) is 1.57. The summed E-state index contributed by atoms with van der Waals surface area (Å²) >= 11 is 0. The Morgan fingerprint density at radius 2 is 2.25 bits per heavy atom. The van der Waals surface area contributed by atoms with Crippen LogP contribution in [0.3, 0.4) is 0 Å². The summed E-state index contributed by atoms with van der Waals surface area (Å²) in [6, 6.07) is 0. The van der Waals surface area contributed by atoms with Crippen molar-refractivity contribution in [1.82, 2.24) is 5.32 Å². The predicted octanol–water partition coefficient (Wildman–Crippen LogP) is 0.388. The first-order chi connectivity index (χ1) is 3.56. The highest BCUT2D eigenvalue weighted by Crippen LogP contribution is 2.07. The Morgan fingerprint density at radius 1 is 1.75 bits per heavy atom. The minimum atomic E-state index is -2.79. The zero-order valence-corrected chi connectivity index (χ0v) is 4.45. The van der Waals surface area contributed by atoms with Crippen molar-refractivity contribution in [3.63, 3.8) is 0 Å². The number of rotatable bonds is 3. The lowest BCUT2D eigenvalue weighted by molar-refractivity contribution is -0.111. The lowest BCUT2D eigenvalue weighted by Crippen LogP contribution is -2.28. The van der Waals surface area contributed by atoms with Crippen molar-refractivity contribution in [3.05, 3.63) is 0 Å². The van der Waals surface area contributed by atoms with E-state index in [9.17, 15) is 13.6 Å². The first kappa shape index (κ1) is 7.33. The molecule has 0 aromatic carbocycles. The molecule has 0 fully saturated rings. The molecule has 0 saturated carbocycles. The van der Waals surface area contributed by atoms with E-state index in [1.54, 1.807) is 0 Å². The van der Waals surface area contributed by atoms with Crippen LogP contribution in [0.2, 0.25) is 0 Å². The maximum absolute atomic E-state index is 11.7. The Bertz CT molecular complexity index is 78.6. The summed E-state index contributed by atoms with van der Waals surface area (Å²) in [5, 5.41) is 1.86. The summed E-state index contributed by atoms with van der Waals surface area (Å²) in [5.41, 5.74) is 0. The van der Waals surface area contributed by atoms with E-state index in [-0.39, 0.29) is 6.41 Å². The highest BCUT2D eigenvalue weighted by molar-refractivity contribution is 5.45. The Balaban J connectivity index is 3.24. The summed E-state index contributed by atoms with van der Waals surface area (Å²) in [7, 11) is 0. The molecule has 1 N–H and O–H groups in total. The zero-order chi connectivity index (χ0) is 6.62. The summed E-state index contributed by atoms with van der Waals surface area (Å²) in [5.74, 6) is -2.79. The summed E-state index contributed by atoms with van der Waals surface area (Å²) < 4.78 is 23.4. The Labute approximate surface area is 45.9 Å². The van der Waals surface area contributed by atoms with Gasteiger partial charge in [0.1, 0.15) is 0 Å². The molecule has 0 bridgehead atoms. The third-order valence-electron chi connectivity index (χ3n) is 0.496. The smallest absolute Gasteiger partial charge is 0.262 e. The van der Waals surface area contributed by atoms with Gasteiger partial charge in [-0.3, -0.25) is 4.79 Å². The predicted molar refractivity (Wildman–Crippen MR) is 24.7 cm³/mol. The van der Waals surface area contributed by atoms with Crippen LogP contribution in [0.1, 0.15) is 6.92 Å². The lowest BCUT2D eigenvalue weighted by Gasteiger charge is -2.06. The summed E-state index contributed by atoms with van der Waals surface area (Å²) in [6.45, 7) is 0.153. The van der Waals surface area contributed by atoms with E-state index in [0.29, 0.717) is 0 Å². The molecule has 0 unspecified atom stereocenters. The van der Waals surface area contributed by atoms with Gasteiger partial charge in [0.05, 0.1) is 6.54 Å². The number of carbonyl (C=O) groups is 1. The van der Waals surface area contributed by atoms with Crippen LogP contribution in [0, 0.1) is 0 Å². The largest absolute Gasteiger partial charge is 0.353 e. The van der Waals surface area contributed by atoms with Crippen molar-refractivity contribution in [1.29, 1.82) is 0 Å². The number of amides is 1. The van der Waals surface area contributed by atoms with Crippen LogP contribution in [0.25, 0.3) is 0 Å². The van der Waals surface area contributed by atoms with Crippen LogP contribution >= 0.6 is 0 Å². The van der Waals surface area contributed by atoms with Gasteiger partial charge in [0.15, 0.2) is 0 Å². The number of hydrogen-bond acceptors (Lipinski definition) is 1. The van der Waals surface area contributed by atoms with E-state index < -0.39 is 12.5 Å². The maximum Gasteiger partial charge on any atom is 0.262 e. The van der Waals surface area contributed by atoms with Crippen LogP contribution in [0.4, 0.5) is 8.78 Å². The molecule has 0 spiro atoms. The van der Waals surface area contributed by atoms with Crippen molar-refractivity contribution >= 4 is 6.41 Å². The Hall–Kier alpha value is -0.670. The van der Waals surface area contributed by atoms with Gasteiger partial charge in [-0.15, -0.1) is 0 Å². The van der Waals surface area contributed by atoms with E-state index in [4.69, 9.17) is 0 Å². The van der Waals surface area contributed by atoms with Gasteiger partial charge < -0.3 is 5.32 Å². The van der Waals surface area contributed by atoms with Gasteiger partial charge in [-0.05, 0) is 0 Å². The summed E-state index contributed by atoms with van der Waals surface area (Å²) in [4.78, 5) is 9.41. The van der Waals surface area contributed by atoms with E-state index in [0.717, 1.165) is 6.92 Å². The first-order valence-corrected chi connectivity index (χ1v) is 2.11. The van der Waals surface area contributed by atoms with Gasteiger partial charge in [-0.1, -0.05) is 0 Å². The average molecular weight is 123 g/mol. The monoisotopic (exact) mass is 123 g/mol. The topological polar surface area (TPSA) is 29.1 Å². The Morgan fingerprint density at radius 3 is 2.38 bits per heavy atom. The van der Waals surface area contributed by atoms with E-state index in [1.807, 2.05) is 5.32 Å². The quantitative estimate of drug-likeness (QED) is 0.540. The molecule has 1 amide bonds. The van der Waals surface area contributed by atoms with E-state index >= 15 is 0 Å². The van der Waals surface area contributed by atoms with Crippen LogP contribution in [0.5, 0.6) is 0 Å². The lowest BCUT2D eigenvalue weighted by atomic mass is 10.4. The molecule has 0 rings (SSSR count). The van der Waals surface area contributed by atoms with Crippen molar-refractivity contribution < 1.29 is 13.6 Å². The average Bonchev–Trinajstić information content (AvgIpc) is 1.59. The van der Waals surface area contributed by atoms with Gasteiger partial charge in [-0.2, -0.15) is 0 Å². The molecule has 0 radical (unpaired) electrons. The SMILES string of the molecule is CC(F)(F)CNC=O. The maximum atomic E-state index is 11.7. The molecule has 48 valence electrons. The van der Waals surface area contributed by atoms with Gasteiger partial charge in [0.25, 0.3) is 5.92 Å². The van der Waals surface area contributed by atoms with Gasteiger partial charge in [0, 0.05) is 6.92 Å². The normalized spacial score (nSPS) is 10.9. The molecule has 4 heteroatoms. The van der Waals surface area contributed by atoms with Gasteiger partial charge in [0.2, 0.25) is 6.41 Å². The van der Waals surface area contributed by atoms with E-state index in [1.165, 1.54) is 0 Å². The zero-order valence-electron chi connectivity index (χ0n) is 4.45. The molecule has 2 nitrogen and oxygen atoms in total. The fourth-order valence-electron chi connectivity index (χ4n) is 0.221. The molecule has 0 aliphatic carbocycles. The van der Waals surface area contributed by atoms with Gasteiger partial charge >= 0.3 is 0 Å². The number of halogens is 2. The summed E-state index contributed by atoms with van der Waals surface area (Å²) in [6.07, 6.45) is 0.247. The molecule has 0 aromatic rings. The highest BCUT2D eigenvalue weighted by Gasteiger charge is 2.19. The molecule has 0 atom stereocenters. The molecular weight excluding hydrogens is 116 g/mol. The molecular formula is C4H7F2NO. The standard InChI is InChI=1S/C4H7F2NO/c1-4(5,6)2-7-3-8/h3H,2H2,1H3,(H,7,8). The second-order valence-corrected chi connectivity index (χ2v) is 1.57. The number of nitrogens with one attached hydrogen (secondary N) is 1. The second kappa shape index (κ2) is 2.59. The van der Waals surface area contributed by atoms with Crippen LogP contribution in [0.15, 0.2) is 0 Å². The van der Waals surface area contributed by atoms with Crippen molar-refractivity contribution in [2.24, 2.45) is 0 Å². The fraction of sp³-hybridized carbons (Fsp3) is 0.750. The van der Waals surface area contributed by atoms with E-state index in [2.05, 4.69) is 0 Å². The Kier molecular flexibility index (Phi) is 2.37. The molecule has 0 aliphatic rings. The fourth-order valence-corrected chi connectivity index (χ4v) is 0.221.